The maximum Gasteiger partial charge on any atom is 0.265 e. The molecule has 0 saturated carbocycles. The highest BCUT2D eigenvalue weighted by Gasteiger charge is 2.07. The van der Waals surface area contributed by atoms with Crippen molar-refractivity contribution < 1.29 is 19.1 Å². The molecule has 31 heavy (non-hydrogen) atoms. The predicted molar refractivity (Wildman–Crippen MR) is 124 cm³/mol. The number of nitrogens with zero attached hydrogens (tertiary/aromatic N) is 1. The van der Waals surface area contributed by atoms with Crippen LogP contribution in [-0.2, 0) is 16.2 Å². The lowest BCUT2D eigenvalue weighted by molar-refractivity contribution is -0.120. The normalized spacial score (nSPS) is 10.6. The van der Waals surface area contributed by atoms with E-state index in [1.54, 1.807) is 24.9 Å². The van der Waals surface area contributed by atoms with Crippen LogP contribution in [0.1, 0.15) is 11.1 Å². The Balaban J connectivity index is 1.51. The van der Waals surface area contributed by atoms with Crippen LogP contribution in [-0.4, -0.2) is 32.1 Å². The van der Waals surface area contributed by atoms with E-state index < -0.39 is 0 Å². The first-order valence-corrected chi connectivity index (χ1v) is 10.8. The number of thioether (sulfide) groups is 1. The standard InChI is InChI=1S/C24H24N2O4S/c1-28-22-14-19(12-13-21(22)29-16-18-8-4-3-5-9-18)15-25-30-17-24(27)26-20-10-6-7-11-23(20)31-2/h3-15H,16-17H2,1-2H3,(H,26,27)/b25-15+. The highest BCUT2D eigenvalue weighted by molar-refractivity contribution is 7.98. The van der Waals surface area contributed by atoms with Crippen molar-refractivity contribution in [3.8, 4) is 11.5 Å². The molecule has 0 saturated heterocycles. The predicted octanol–water partition coefficient (Wildman–Crippen LogP) is 4.99. The smallest absolute Gasteiger partial charge is 0.265 e. The largest absolute Gasteiger partial charge is 0.493 e. The third kappa shape index (κ3) is 6.79. The third-order valence-corrected chi connectivity index (χ3v) is 5.07. The lowest BCUT2D eigenvalue weighted by Gasteiger charge is -2.11. The van der Waals surface area contributed by atoms with Crippen LogP contribution in [0.5, 0.6) is 11.5 Å². The van der Waals surface area contributed by atoms with Crippen molar-refractivity contribution in [2.45, 2.75) is 11.5 Å². The number of methoxy groups -OCH3 is 1. The van der Waals surface area contributed by atoms with Gasteiger partial charge in [-0.05, 0) is 42.2 Å². The minimum absolute atomic E-state index is 0.186. The molecule has 0 fully saturated rings. The summed E-state index contributed by atoms with van der Waals surface area (Å²) in [6, 6.07) is 22.9. The Bertz CT molecular complexity index is 1030. The zero-order chi connectivity index (χ0) is 21.9. The van der Waals surface area contributed by atoms with Crippen LogP contribution < -0.4 is 14.8 Å². The lowest BCUT2D eigenvalue weighted by Crippen LogP contribution is -2.17. The van der Waals surface area contributed by atoms with Crippen LogP contribution in [0.25, 0.3) is 0 Å². The summed E-state index contributed by atoms with van der Waals surface area (Å²) in [5, 5.41) is 6.70. The molecule has 160 valence electrons. The van der Waals surface area contributed by atoms with Crippen molar-refractivity contribution in [2.24, 2.45) is 5.16 Å². The second-order valence-corrected chi connectivity index (χ2v) is 7.29. The van der Waals surface area contributed by atoms with Gasteiger partial charge in [-0.25, -0.2) is 0 Å². The number of para-hydroxylation sites is 1. The summed E-state index contributed by atoms with van der Waals surface area (Å²) < 4.78 is 11.3. The number of ether oxygens (including phenoxy) is 2. The number of rotatable bonds is 10. The summed E-state index contributed by atoms with van der Waals surface area (Å²) in [4.78, 5) is 18.2. The molecule has 1 amide bonds. The number of amides is 1. The van der Waals surface area contributed by atoms with E-state index in [2.05, 4.69) is 10.5 Å². The number of benzene rings is 3. The maximum atomic E-state index is 12.1. The molecule has 0 aliphatic carbocycles. The number of oxime groups is 1. The van der Waals surface area contributed by atoms with Crippen molar-refractivity contribution in [1.29, 1.82) is 0 Å². The van der Waals surface area contributed by atoms with Gasteiger partial charge in [0.15, 0.2) is 18.1 Å². The van der Waals surface area contributed by atoms with E-state index in [0.29, 0.717) is 18.1 Å². The summed E-state index contributed by atoms with van der Waals surface area (Å²) in [5.41, 5.74) is 2.59. The molecular formula is C24H24N2O4S. The number of carbonyl (C=O) groups is 1. The van der Waals surface area contributed by atoms with Crippen molar-refractivity contribution >= 4 is 29.6 Å². The Morgan fingerprint density at radius 3 is 2.58 bits per heavy atom. The Labute approximate surface area is 186 Å². The first-order valence-electron chi connectivity index (χ1n) is 9.62. The Morgan fingerprint density at radius 2 is 1.81 bits per heavy atom. The quantitative estimate of drug-likeness (QED) is 0.276. The monoisotopic (exact) mass is 436 g/mol. The Kier molecular flexibility index (Phi) is 8.37. The number of anilines is 1. The van der Waals surface area contributed by atoms with Gasteiger partial charge in [0.1, 0.15) is 6.61 Å². The van der Waals surface area contributed by atoms with Gasteiger partial charge in [0, 0.05) is 10.5 Å². The third-order valence-electron chi connectivity index (χ3n) is 4.28. The van der Waals surface area contributed by atoms with E-state index in [0.717, 1.165) is 21.7 Å². The highest BCUT2D eigenvalue weighted by atomic mass is 32.2. The highest BCUT2D eigenvalue weighted by Crippen LogP contribution is 2.28. The molecule has 3 aromatic carbocycles. The number of carbonyl (C=O) groups excluding carboxylic acids is 1. The molecule has 0 aliphatic heterocycles. The van der Waals surface area contributed by atoms with Gasteiger partial charge >= 0.3 is 0 Å². The van der Waals surface area contributed by atoms with Gasteiger partial charge in [-0.3, -0.25) is 4.79 Å². The summed E-state index contributed by atoms with van der Waals surface area (Å²) >= 11 is 1.56. The van der Waals surface area contributed by atoms with Crippen molar-refractivity contribution in [3.05, 3.63) is 83.9 Å². The van der Waals surface area contributed by atoms with E-state index in [9.17, 15) is 4.79 Å². The average Bonchev–Trinajstić information content (AvgIpc) is 2.81. The number of hydrogen-bond acceptors (Lipinski definition) is 6. The van der Waals surface area contributed by atoms with E-state index in [1.807, 2.05) is 73.0 Å². The average molecular weight is 437 g/mol. The first-order chi connectivity index (χ1) is 15.2. The second-order valence-electron chi connectivity index (χ2n) is 6.44. The molecule has 3 rings (SSSR count). The fraction of sp³-hybridized carbons (Fsp3) is 0.167. The molecule has 0 aliphatic rings. The summed E-state index contributed by atoms with van der Waals surface area (Å²) in [7, 11) is 1.58. The van der Waals surface area contributed by atoms with Crippen LogP contribution in [0.2, 0.25) is 0 Å². The summed E-state index contributed by atoms with van der Waals surface area (Å²) in [6.45, 7) is 0.261. The topological polar surface area (TPSA) is 69.2 Å². The van der Waals surface area contributed by atoms with Gasteiger partial charge in [0.05, 0.1) is 19.0 Å². The van der Waals surface area contributed by atoms with Gasteiger partial charge < -0.3 is 19.6 Å². The maximum absolute atomic E-state index is 12.1. The number of nitrogens with one attached hydrogen (secondary N) is 1. The Hall–Kier alpha value is -3.45. The van der Waals surface area contributed by atoms with E-state index in [-0.39, 0.29) is 12.5 Å². The lowest BCUT2D eigenvalue weighted by atomic mass is 10.2. The van der Waals surface area contributed by atoms with Crippen LogP contribution >= 0.6 is 11.8 Å². The van der Waals surface area contributed by atoms with Gasteiger partial charge in [0.2, 0.25) is 0 Å². The molecule has 0 atom stereocenters. The molecule has 0 spiro atoms. The van der Waals surface area contributed by atoms with Crippen LogP contribution in [0.4, 0.5) is 5.69 Å². The van der Waals surface area contributed by atoms with E-state index in [1.165, 1.54) is 6.21 Å². The van der Waals surface area contributed by atoms with Gasteiger partial charge in [-0.15, -0.1) is 11.8 Å². The second kappa shape index (κ2) is 11.7. The molecule has 0 unspecified atom stereocenters. The van der Waals surface area contributed by atoms with Crippen molar-refractivity contribution in [1.82, 2.24) is 0 Å². The summed E-state index contributed by atoms with van der Waals surface area (Å²) in [6.07, 6.45) is 3.48. The first kappa shape index (κ1) is 22.2. The van der Waals surface area contributed by atoms with Gasteiger partial charge in [-0.2, -0.15) is 0 Å². The number of hydrogen-bond donors (Lipinski definition) is 1. The molecule has 6 nitrogen and oxygen atoms in total. The van der Waals surface area contributed by atoms with E-state index in [4.69, 9.17) is 14.3 Å². The molecule has 7 heteroatoms. The van der Waals surface area contributed by atoms with Crippen LogP contribution in [0.15, 0.2) is 82.8 Å². The van der Waals surface area contributed by atoms with Crippen LogP contribution in [0.3, 0.4) is 0 Å². The fourth-order valence-electron chi connectivity index (χ4n) is 2.75. The SMILES string of the molecule is COc1cc(/C=N/OCC(=O)Nc2ccccc2SC)ccc1OCc1ccccc1. The van der Waals surface area contributed by atoms with Gasteiger partial charge in [-0.1, -0.05) is 47.6 Å². The molecule has 0 bridgehead atoms. The van der Waals surface area contributed by atoms with Crippen molar-refractivity contribution in [3.63, 3.8) is 0 Å². The van der Waals surface area contributed by atoms with Gasteiger partial charge in [0.25, 0.3) is 5.91 Å². The molecule has 0 heterocycles. The van der Waals surface area contributed by atoms with Crippen LogP contribution in [0, 0.1) is 0 Å². The molecule has 1 N–H and O–H groups in total. The Morgan fingerprint density at radius 1 is 1.03 bits per heavy atom. The van der Waals surface area contributed by atoms with E-state index >= 15 is 0 Å². The molecular weight excluding hydrogens is 412 g/mol. The molecule has 0 radical (unpaired) electrons. The zero-order valence-corrected chi connectivity index (χ0v) is 18.2. The van der Waals surface area contributed by atoms with Crippen molar-refractivity contribution in [2.75, 3.05) is 25.3 Å². The molecule has 3 aromatic rings. The zero-order valence-electron chi connectivity index (χ0n) is 17.4. The fourth-order valence-corrected chi connectivity index (χ4v) is 3.30. The summed E-state index contributed by atoms with van der Waals surface area (Å²) in [5.74, 6) is 0.948. The minimum atomic E-state index is -0.277. The molecule has 0 aromatic heterocycles. The minimum Gasteiger partial charge on any atom is -0.493 e.